The molecular weight excluding hydrogens is 364 g/mol. The molecule has 5 heteroatoms. The van der Waals surface area contributed by atoms with E-state index in [2.05, 4.69) is 10.6 Å². The van der Waals surface area contributed by atoms with Crippen LogP contribution in [-0.2, 0) is 11.3 Å². The van der Waals surface area contributed by atoms with Crippen LogP contribution in [0.15, 0.2) is 72.8 Å². The highest BCUT2D eigenvalue weighted by atomic mass is 16.2. The van der Waals surface area contributed by atoms with Crippen LogP contribution in [-0.4, -0.2) is 17.6 Å². The number of Topliss-reactive ketones (excluding diaryl/α,β-unsaturated/α-hetero) is 1. The molecule has 0 radical (unpaired) electrons. The molecule has 0 saturated carbocycles. The molecule has 0 aliphatic heterocycles. The molecule has 0 fully saturated rings. The first kappa shape index (κ1) is 20.0. The van der Waals surface area contributed by atoms with Gasteiger partial charge in [-0.2, -0.15) is 0 Å². The maximum atomic E-state index is 12.3. The molecule has 2 amide bonds. The van der Waals surface area contributed by atoms with Crippen LogP contribution in [0.2, 0.25) is 0 Å². The average molecular weight is 386 g/mol. The van der Waals surface area contributed by atoms with Gasteiger partial charge in [-0.05, 0) is 43.7 Å². The lowest BCUT2D eigenvalue weighted by atomic mass is 10.1. The van der Waals surface area contributed by atoms with Gasteiger partial charge in [-0.3, -0.25) is 14.4 Å². The van der Waals surface area contributed by atoms with Gasteiger partial charge in [0.1, 0.15) is 0 Å². The van der Waals surface area contributed by atoms with Crippen molar-refractivity contribution < 1.29 is 14.4 Å². The van der Waals surface area contributed by atoms with Crippen molar-refractivity contribution in [3.63, 3.8) is 0 Å². The van der Waals surface area contributed by atoms with Gasteiger partial charge in [0, 0.05) is 23.4 Å². The molecule has 0 atom stereocenters. The Hall–Kier alpha value is -3.73. The Morgan fingerprint density at radius 1 is 0.759 bits per heavy atom. The molecule has 0 bridgehead atoms. The van der Waals surface area contributed by atoms with Crippen LogP contribution in [0.3, 0.4) is 0 Å². The quantitative estimate of drug-likeness (QED) is 0.496. The molecule has 0 aliphatic carbocycles. The molecule has 0 aliphatic rings. The average Bonchev–Trinajstić information content (AvgIpc) is 2.73. The summed E-state index contributed by atoms with van der Waals surface area (Å²) >= 11 is 0. The molecule has 0 saturated heterocycles. The van der Waals surface area contributed by atoms with Crippen molar-refractivity contribution in [1.82, 2.24) is 5.32 Å². The van der Waals surface area contributed by atoms with Crippen molar-refractivity contribution in [2.24, 2.45) is 0 Å². The summed E-state index contributed by atoms with van der Waals surface area (Å²) in [6.07, 6.45) is 0. The minimum Gasteiger partial charge on any atom is -0.345 e. The van der Waals surface area contributed by atoms with E-state index in [1.807, 2.05) is 32.0 Å². The standard InChI is InChI=1S/C24H22N2O3/c1-16-6-10-19(11-7-16)22(27)24(29)25-15-18-4-3-5-21(14-18)26-23(28)20-12-8-17(2)9-13-20/h3-14H,15H2,1-2H3,(H,25,29)(H,26,28). The fourth-order valence-electron chi connectivity index (χ4n) is 2.77. The molecule has 2 N–H and O–H groups in total. The first-order chi connectivity index (χ1) is 13.9. The molecule has 146 valence electrons. The van der Waals surface area contributed by atoms with E-state index in [-0.39, 0.29) is 12.5 Å². The second-order valence-electron chi connectivity index (χ2n) is 6.90. The Morgan fingerprint density at radius 3 is 1.97 bits per heavy atom. The van der Waals surface area contributed by atoms with Crippen LogP contribution < -0.4 is 10.6 Å². The third-order valence-corrected chi connectivity index (χ3v) is 4.47. The summed E-state index contributed by atoms with van der Waals surface area (Å²) in [7, 11) is 0. The minimum atomic E-state index is -0.664. The zero-order valence-corrected chi connectivity index (χ0v) is 16.4. The number of hydrogen-bond acceptors (Lipinski definition) is 3. The smallest absolute Gasteiger partial charge is 0.292 e. The number of nitrogens with one attached hydrogen (secondary N) is 2. The molecular formula is C24H22N2O3. The van der Waals surface area contributed by atoms with Crippen molar-refractivity contribution in [1.29, 1.82) is 0 Å². The predicted octanol–water partition coefficient (Wildman–Crippen LogP) is 4.05. The van der Waals surface area contributed by atoms with E-state index in [1.54, 1.807) is 54.6 Å². The number of ketones is 1. The van der Waals surface area contributed by atoms with Crippen LogP contribution in [0.4, 0.5) is 5.69 Å². The van der Waals surface area contributed by atoms with E-state index in [9.17, 15) is 14.4 Å². The Kier molecular flexibility index (Phi) is 6.19. The number of hydrogen-bond donors (Lipinski definition) is 2. The lowest BCUT2D eigenvalue weighted by Gasteiger charge is -2.09. The number of benzene rings is 3. The lowest BCUT2D eigenvalue weighted by Crippen LogP contribution is -2.30. The van der Waals surface area contributed by atoms with Gasteiger partial charge in [0.25, 0.3) is 11.8 Å². The molecule has 0 aromatic heterocycles. The second-order valence-corrected chi connectivity index (χ2v) is 6.90. The monoisotopic (exact) mass is 386 g/mol. The first-order valence-corrected chi connectivity index (χ1v) is 9.28. The highest BCUT2D eigenvalue weighted by molar-refractivity contribution is 6.42. The topological polar surface area (TPSA) is 75.3 Å². The van der Waals surface area contributed by atoms with Crippen molar-refractivity contribution in [3.05, 3.63) is 101 Å². The number of amides is 2. The van der Waals surface area contributed by atoms with Gasteiger partial charge in [-0.15, -0.1) is 0 Å². The summed E-state index contributed by atoms with van der Waals surface area (Å²) in [5, 5.41) is 5.47. The largest absolute Gasteiger partial charge is 0.345 e. The van der Waals surface area contributed by atoms with E-state index in [0.717, 1.165) is 16.7 Å². The van der Waals surface area contributed by atoms with E-state index in [0.29, 0.717) is 16.8 Å². The summed E-state index contributed by atoms with van der Waals surface area (Å²) in [5.74, 6) is -1.45. The number of carbonyl (C=O) groups is 3. The molecule has 0 unspecified atom stereocenters. The Bertz CT molecular complexity index is 1040. The third-order valence-electron chi connectivity index (χ3n) is 4.47. The zero-order chi connectivity index (χ0) is 20.8. The minimum absolute atomic E-state index is 0.185. The summed E-state index contributed by atoms with van der Waals surface area (Å²) < 4.78 is 0. The van der Waals surface area contributed by atoms with Crippen LogP contribution in [0.5, 0.6) is 0 Å². The normalized spacial score (nSPS) is 10.3. The van der Waals surface area contributed by atoms with E-state index in [1.165, 1.54) is 0 Å². The molecule has 3 aromatic carbocycles. The number of aryl methyl sites for hydroxylation is 2. The lowest BCUT2D eigenvalue weighted by molar-refractivity contribution is -0.117. The van der Waals surface area contributed by atoms with Gasteiger partial charge < -0.3 is 10.6 Å². The Balaban J connectivity index is 1.60. The van der Waals surface area contributed by atoms with E-state index < -0.39 is 11.7 Å². The molecule has 3 rings (SSSR count). The van der Waals surface area contributed by atoms with Crippen LogP contribution in [0.25, 0.3) is 0 Å². The Labute approximate surface area is 169 Å². The van der Waals surface area contributed by atoms with Gasteiger partial charge in [-0.1, -0.05) is 59.7 Å². The third kappa shape index (κ3) is 5.39. The predicted molar refractivity (Wildman–Crippen MR) is 113 cm³/mol. The van der Waals surface area contributed by atoms with E-state index >= 15 is 0 Å². The highest BCUT2D eigenvalue weighted by Gasteiger charge is 2.15. The fourth-order valence-corrected chi connectivity index (χ4v) is 2.77. The number of carbonyl (C=O) groups excluding carboxylic acids is 3. The molecule has 0 spiro atoms. The molecule has 29 heavy (non-hydrogen) atoms. The van der Waals surface area contributed by atoms with Gasteiger partial charge in [-0.25, -0.2) is 0 Å². The first-order valence-electron chi connectivity index (χ1n) is 9.28. The van der Waals surface area contributed by atoms with Crippen molar-refractivity contribution in [3.8, 4) is 0 Å². The summed E-state index contributed by atoms with van der Waals surface area (Å²) in [5.41, 5.74) is 4.42. The summed E-state index contributed by atoms with van der Waals surface area (Å²) in [6.45, 7) is 4.06. The van der Waals surface area contributed by atoms with Gasteiger partial charge in [0.2, 0.25) is 5.78 Å². The van der Waals surface area contributed by atoms with Crippen LogP contribution in [0.1, 0.15) is 37.4 Å². The van der Waals surface area contributed by atoms with E-state index in [4.69, 9.17) is 0 Å². The zero-order valence-electron chi connectivity index (χ0n) is 16.4. The molecule has 5 nitrogen and oxygen atoms in total. The summed E-state index contributed by atoms with van der Waals surface area (Å²) in [4.78, 5) is 36.7. The van der Waals surface area contributed by atoms with Crippen molar-refractivity contribution >= 4 is 23.3 Å². The van der Waals surface area contributed by atoms with Crippen molar-refractivity contribution in [2.45, 2.75) is 20.4 Å². The van der Waals surface area contributed by atoms with Crippen molar-refractivity contribution in [2.75, 3.05) is 5.32 Å². The highest BCUT2D eigenvalue weighted by Crippen LogP contribution is 2.13. The second kappa shape index (κ2) is 8.97. The van der Waals surface area contributed by atoms with Crippen LogP contribution in [0, 0.1) is 13.8 Å². The molecule has 3 aromatic rings. The van der Waals surface area contributed by atoms with Gasteiger partial charge in [0.15, 0.2) is 0 Å². The van der Waals surface area contributed by atoms with Crippen LogP contribution >= 0.6 is 0 Å². The number of rotatable bonds is 6. The SMILES string of the molecule is Cc1ccc(C(=O)Nc2cccc(CNC(=O)C(=O)c3ccc(C)cc3)c2)cc1. The van der Waals surface area contributed by atoms with Gasteiger partial charge >= 0.3 is 0 Å². The Morgan fingerprint density at radius 2 is 1.34 bits per heavy atom. The maximum absolute atomic E-state index is 12.3. The van der Waals surface area contributed by atoms with Gasteiger partial charge in [0.05, 0.1) is 0 Å². The molecule has 0 heterocycles. The summed E-state index contributed by atoms with van der Waals surface area (Å²) in [6, 6.07) is 21.3. The maximum Gasteiger partial charge on any atom is 0.292 e. The number of anilines is 1. The fraction of sp³-hybridized carbons (Fsp3) is 0.125.